The van der Waals surface area contributed by atoms with E-state index in [9.17, 15) is 0 Å². The molecule has 1 fully saturated rings. The van der Waals surface area contributed by atoms with Gasteiger partial charge in [-0.25, -0.2) is 0 Å². The number of hydrogen-bond acceptors (Lipinski definition) is 1. The highest BCUT2D eigenvalue weighted by Gasteiger charge is 2.11. The van der Waals surface area contributed by atoms with E-state index in [-0.39, 0.29) is 0 Å². The molecule has 0 saturated carbocycles. The Morgan fingerprint density at radius 1 is 1.50 bits per heavy atom. The molecule has 2 unspecified atom stereocenters. The summed E-state index contributed by atoms with van der Waals surface area (Å²) in [4.78, 5) is 0. The van der Waals surface area contributed by atoms with E-state index in [0.29, 0.717) is 11.9 Å². The molecule has 0 aromatic carbocycles. The Morgan fingerprint density at radius 3 is 2.62 bits per heavy atom. The van der Waals surface area contributed by atoms with Crippen LogP contribution in [0.15, 0.2) is 0 Å². The van der Waals surface area contributed by atoms with Crippen LogP contribution in [0, 0.1) is 0 Å². The molecular formula is C6H12BN. The molecule has 1 aliphatic rings. The van der Waals surface area contributed by atoms with Gasteiger partial charge in [-0.1, -0.05) is 12.2 Å². The molecule has 0 spiro atoms. The van der Waals surface area contributed by atoms with Crippen molar-refractivity contribution in [3.63, 3.8) is 0 Å². The molecule has 1 nitrogen and oxygen atoms in total. The van der Waals surface area contributed by atoms with Gasteiger partial charge in [0.2, 0.25) is 0 Å². The molecule has 0 aliphatic carbocycles. The van der Waals surface area contributed by atoms with E-state index in [1.165, 1.54) is 12.8 Å². The number of nitrogens with one attached hydrogen (secondary N) is 1. The molecule has 1 heterocycles. The van der Waals surface area contributed by atoms with Crippen LogP contribution < -0.4 is 5.32 Å². The monoisotopic (exact) mass is 109 g/mol. The van der Waals surface area contributed by atoms with Gasteiger partial charge < -0.3 is 5.32 Å². The molecular weight excluding hydrogens is 96.9 g/mol. The Balaban J connectivity index is 2.19. The summed E-state index contributed by atoms with van der Waals surface area (Å²) >= 11 is 0. The van der Waals surface area contributed by atoms with E-state index in [0.717, 1.165) is 6.54 Å². The molecule has 8 heavy (non-hydrogen) atoms. The van der Waals surface area contributed by atoms with Crippen LogP contribution in [0.1, 0.15) is 19.8 Å². The highest BCUT2D eigenvalue weighted by Crippen LogP contribution is 2.14. The maximum Gasteiger partial charge on any atom is 0.0716 e. The van der Waals surface area contributed by atoms with Crippen LogP contribution in [-0.2, 0) is 0 Å². The van der Waals surface area contributed by atoms with Crippen LogP contribution in [0.3, 0.4) is 0 Å². The lowest BCUT2D eigenvalue weighted by molar-refractivity contribution is 0.425. The van der Waals surface area contributed by atoms with E-state index in [2.05, 4.69) is 12.2 Å². The molecule has 0 aromatic heterocycles. The van der Waals surface area contributed by atoms with Crippen molar-refractivity contribution in [2.75, 3.05) is 6.54 Å². The van der Waals surface area contributed by atoms with Crippen LogP contribution >= 0.6 is 0 Å². The predicted molar refractivity (Wildman–Crippen MR) is 36.2 cm³/mol. The number of rotatable bonds is 0. The van der Waals surface area contributed by atoms with Crippen molar-refractivity contribution >= 4 is 7.85 Å². The minimum absolute atomic E-state index is 0.409. The molecule has 1 aliphatic heterocycles. The van der Waals surface area contributed by atoms with Crippen LogP contribution in [-0.4, -0.2) is 20.4 Å². The van der Waals surface area contributed by atoms with Gasteiger partial charge in [0, 0.05) is 6.04 Å². The maximum atomic E-state index is 5.63. The third-order valence-corrected chi connectivity index (χ3v) is 1.70. The van der Waals surface area contributed by atoms with E-state index in [4.69, 9.17) is 7.85 Å². The molecule has 0 bridgehead atoms. The first-order valence-corrected chi connectivity index (χ1v) is 3.28. The first-order valence-electron chi connectivity index (χ1n) is 3.28. The fourth-order valence-electron chi connectivity index (χ4n) is 1.02. The summed E-state index contributed by atoms with van der Waals surface area (Å²) in [6, 6.07) is 0.690. The average Bonchev–Trinajstić information content (AvgIpc) is 1.77. The first kappa shape index (κ1) is 6.15. The van der Waals surface area contributed by atoms with E-state index < -0.39 is 0 Å². The van der Waals surface area contributed by atoms with E-state index in [1.54, 1.807) is 0 Å². The lowest BCUT2D eigenvalue weighted by atomic mass is 9.80. The Kier molecular flexibility index (Phi) is 1.95. The minimum Gasteiger partial charge on any atom is -0.315 e. The summed E-state index contributed by atoms with van der Waals surface area (Å²) in [5.41, 5.74) is 0. The quantitative estimate of drug-likeness (QED) is 0.452. The van der Waals surface area contributed by atoms with Gasteiger partial charge in [-0.15, -0.1) is 0 Å². The van der Waals surface area contributed by atoms with Gasteiger partial charge in [0.1, 0.15) is 0 Å². The normalized spacial score (nSPS) is 39.6. The van der Waals surface area contributed by atoms with Crippen molar-refractivity contribution in [2.45, 2.75) is 31.6 Å². The molecule has 44 valence electrons. The lowest BCUT2D eigenvalue weighted by Gasteiger charge is -2.24. The van der Waals surface area contributed by atoms with Crippen molar-refractivity contribution in [1.82, 2.24) is 5.32 Å². The highest BCUT2D eigenvalue weighted by molar-refractivity contribution is 6.11. The fourth-order valence-corrected chi connectivity index (χ4v) is 1.02. The summed E-state index contributed by atoms with van der Waals surface area (Å²) in [5.74, 6) is 0.409. The van der Waals surface area contributed by atoms with Gasteiger partial charge >= 0.3 is 0 Å². The second-order valence-electron chi connectivity index (χ2n) is 2.65. The standard InChI is InChI=1S/C6H12BN/c1-5-2-3-6(7)4-8-5/h5-6,8H,2-4H2,1H3. The zero-order valence-electron chi connectivity index (χ0n) is 5.35. The molecule has 0 amide bonds. The fraction of sp³-hybridized carbons (Fsp3) is 1.00. The molecule has 1 saturated heterocycles. The highest BCUT2D eigenvalue weighted by atomic mass is 14.9. The Morgan fingerprint density at radius 2 is 2.25 bits per heavy atom. The molecule has 2 radical (unpaired) electrons. The summed E-state index contributed by atoms with van der Waals surface area (Å²) in [6.45, 7) is 3.20. The molecule has 0 aromatic rings. The number of piperidine rings is 1. The predicted octanol–water partition coefficient (Wildman–Crippen LogP) is 0.715. The van der Waals surface area contributed by atoms with Gasteiger partial charge in [-0.05, 0) is 19.9 Å². The zero-order chi connectivity index (χ0) is 5.98. The molecule has 2 atom stereocenters. The van der Waals surface area contributed by atoms with Crippen LogP contribution in [0.5, 0.6) is 0 Å². The van der Waals surface area contributed by atoms with Crippen molar-refractivity contribution in [2.24, 2.45) is 0 Å². The van der Waals surface area contributed by atoms with E-state index >= 15 is 0 Å². The van der Waals surface area contributed by atoms with Gasteiger partial charge in [-0.3, -0.25) is 0 Å². The maximum absolute atomic E-state index is 5.63. The van der Waals surface area contributed by atoms with Crippen molar-refractivity contribution < 1.29 is 0 Å². The van der Waals surface area contributed by atoms with Gasteiger partial charge in [0.25, 0.3) is 0 Å². The second kappa shape index (κ2) is 2.54. The van der Waals surface area contributed by atoms with Crippen LogP contribution in [0.4, 0.5) is 0 Å². The third kappa shape index (κ3) is 1.51. The average molecular weight is 109 g/mol. The van der Waals surface area contributed by atoms with Crippen molar-refractivity contribution in [3.05, 3.63) is 0 Å². The summed E-state index contributed by atoms with van der Waals surface area (Å²) in [6.07, 6.45) is 2.43. The molecule has 1 rings (SSSR count). The molecule has 2 heteroatoms. The topological polar surface area (TPSA) is 12.0 Å². The smallest absolute Gasteiger partial charge is 0.0716 e. The third-order valence-electron chi connectivity index (χ3n) is 1.70. The SMILES string of the molecule is [B]C1CCC(C)NC1. The van der Waals surface area contributed by atoms with E-state index in [1.807, 2.05) is 0 Å². The van der Waals surface area contributed by atoms with Gasteiger partial charge in [0.05, 0.1) is 7.85 Å². The first-order chi connectivity index (χ1) is 3.79. The van der Waals surface area contributed by atoms with Gasteiger partial charge in [0.15, 0.2) is 0 Å². The number of hydrogen-bond donors (Lipinski definition) is 1. The van der Waals surface area contributed by atoms with Gasteiger partial charge in [-0.2, -0.15) is 0 Å². The lowest BCUT2D eigenvalue weighted by Crippen LogP contribution is -2.34. The van der Waals surface area contributed by atoms with Crippen molar-refractivity contribution in [3.8, 4) is 0 Å². The zero-order valence-corrected chi connectivity index (χ0v) is 5.35. The largest absolute Gasteiger partial charge is 0.315 e. The summed E-state index contributed by atoms with van der Waals surface area (Å²) < 4.78 is 0. The second-order valence-corrected chi connectivity index (χ2v) is 2.65. The Hall–Kier alpha value is 0.0249. The summed E-state index contributed by atoms with van der Waals surface area (Å²) in [5, 5.41) is 3.31. The summed E-state index contributed by atoms with van der Waals surface area (Å²) in [7, 11) is 5.63. The molecule has 1 N–H and O–H groups in total. The van der Waals surface area contributed by atoms with Crippen LogP contribution in [0.2, 0.25) is 5.82 Å². The van der Waals surface area contributed by atoms with Crippen LogP contribution in [0.25, 0.3) is 0 Å². The minimum atomic E-state index is 0.409. The Bertz CT molecular complexity index is 56.9. The van der Waals surface area contributed by atoms with Crippen molar-refractivity contribution in [1.29, 1.82) is 0 Å². The Labute approximate surface area is 52.3 Å².